The molecule has 206 valence electrons. The van der Waals surface area contributed by atoms with Crippen molar-refractivity contribution in [3.63, 3.8) is 0 Å². The van der Waals surface area contributed by atoms with Gasteiger partial charge in [-0.25, -0.2) is 14.2 Å². The fraction of sp³-hybridized carbons (Fsp3) is 0.414. The molecular weight excluding hydrogens is 501 g/mol. The molecule has 2 aromatic rings. The van der Waals surface area contributed by atoms with Crippen LogP contribution in [-0.2, 0) is 27.5 Å². The molecule has 0 aromatic heterocycles. The Kier molecular flexibility index (Phi) is 9.17. The van der Waals surface area contributed by atoms with Crippen LogP contribution in [-0.4, -0.2) is 82.7 Å². The van der Waals surface area contributed by atoms with Crippen molar-refractivity contribution in [2.45, 2.75) is 39.2 Å². The number of halogens is 1. The third kappa shape index (κ3) is 6.56. The fourth-order valence-corrected chi connectivity index (χ4v) is 5.04. The molecule has 2 aliphatic heterocycles. The highest BCUT2D eigenvalue weighted by atomic mass is 19.1. The lowest BCUT2D eigenvalue weighted by Crippen LogP contribution is -2.77. The van der Waals surface area contributed by atoms with Gasteiger partial charge in [0.25, 0.3) is 0 Å². The first-order valence-corrected chi connectivity index (χ1v) is 13.0. The molecule has 39 heavy (non-hydrogen) atoms. The Labute approximate surface area is 228 Å². The maximum absolute atomic E-state index is 13.5. The minimum atomic E-state index is -0.739. The van der Waals surface area contributed by atoms with Gasteiger partial charge in [0.15, 0.2) is 0 Å². The lowest BCUT2D eigenvalue weighted by Gasteiger charge is -2.55. The van der Waals surface area contributed by atoms with Gasteiger partial charge in [0.1, 0.15) is 18.0 Å². The van der Waals surface area contributed by atoms with E-state index in [1.165, 1.54) is 22.0 Å². The molecule has 9 nitrogen and oxygen atoms in total. The number of hydrogen-bond acceptors (Lipinski definition) is 5. The van der Waals surface area contributed by atoms with Gasteiger partial charge in [-0.2, -0.15) is 5.01 Å². The molecule has 0 spiro atoms. The summed E-state index contributed by atoms with van der Waals surface area (Å²) in [4.78, 5) is 43.5. The Bertz CT molecular complexity index is 1220. The second-order valence-electron chi connectivity index (χ2n) is 9.95. The molecular formula is C29H34FN5O4. The zero-order valence-corrected chi connectivity index (χ0v) is 22.3. The lowest BCUT2D eigenvalue weighted by atomic mass is 9.96. The third-order valence-corrected chi connectivity index (χ3v) is 6.83. The topological polar surface area (TPSA) is 85.4 Å². The number of rotatable bonds is 9. The predicted molar refractivity (Wildman–Crippen MR) is 143 cm³/mol. The number of carbonyl (C=O) groups excluding carboxylic acids is 3. The molecule has 2 aromatic carbocycles. The molecule has 2 atom stereocenters. The number of amides is 4. The van der Waals surface area contributed by atoms with Crippen LogP contribution in [0.4, 0.5) is 9.18 Å². The molecule has 2 saturated heterocycles. The zero-order chi connectivity index (χ0) is 27.9. The van der Waals surface area contributed by atoms with Gasteiger partial charge in [-0.15, -0.1) is 6.42 Å². The van der Waals surface area contributed by atoms with Crippen LogP contribution in [0.5, 0.6) is 0 Å². The number of hydrogen-bond donors (Lipinski definition) is 1. The van der Waals surface area contributed by atoms with E-state index in [1.807, 2.05) is 44.2 Å². The number of hydrazine groups is 1. The SMILES string of the molecule is C#CCN1CC(=O)N2[C@@H](C(C)C)C(=O)N(CCOCc3cccc(F)c3)C[C@@H]2N1C(=O)NCc1ccccc1. The highest BCUT2D eigenvalue weighted by Crippen LogP contribution is 2.29. The number of terminal acetylenes is 1. The van der Waals surface area contributed by atoms with Gasteiger partial charge in [0.2, 0.25) is 11.8 Å². The first kappa shape index (κ1) is 28.1. The summed E-state index contributed by atoms with van der Waals surface area (Å²) in [6.07, 6.45) is 4.85. The Morgan fingerprint density at radius 2 is 1.90 bits per heavy atom. The molecule has 0 saturated carbocycles. The van der Waals surface area contributed by atoms with E-state index in [9.17, 15) is 18.8 Å². The summed E-state index contributed by atoms with van der Waals surface area (Å²) in [6, 6.07) is 14.5. The van der Waals surface area contributed by atoms with E-state index >= 15 is 0 Å². The molecule has 0 aliphatic carbocycles. The first-order chi connectivity index (χ1) is 18.8. The van der Waals surface area contributed by atoms with Crippen LogP contribution < -0.4 is 5.32 Å². The monoisotopic (exact) mass is 535 g/mol. The molecule has 2 fully saturated rings. The quantitative estimate of drug-likeness (QED) is 0.394. The molecule has 2 heterocycles. The molecule has 2 aliphatic rings. The van der Waals surface area contributed by atoms with Crippen molar-refractivity contribution in [1.82, 2.24) is 25.1 Å². The van der Waals surface area contributed by atoms with Crippen molar-refractivity contribution < 1.29 is 23.5 Å². The van der Waals surface area contributed by atoms with E-state index in [0.29, 0.717) is 12.1 Å². The third-order valence-electron chi connectivity index (χ3n) is 6.83. The van der Waals surface area contributed by atoms with Crippen LogP contribution >= 0.6 is 0 Å². The van der Waals surface area contributed by atoms with Crippen LogP contribution in [0.25, 0.3) is 0 Å². The minimum Gasteiger partial charge on any atom is -0.375 e. The van der Waals surface area contributed by atoms with Gasteiger partial charge in [0, 0.05) is 13.1 Å². The smallest absolute Gasteiger partial charge is 0.334 e. The average Bonchev–Trinajstić information content (AvgIpc) is 2.91. The molecule has 4 rings (SSSR count). The molecule has 0 bridgehead atoms. The normalized spacial score (nSPS) is 19.7. The summed E-state index contributed by atoms with van der Waals surface area (Å²) in [5.74, 6) is 1.56. The van der Waals surface area contributed by atoms with Crippen molar-refractivity contribution in [2.24, 2.45) is 5.92 Å². The first-order valence-electron chi connectivity index (χ1n) is 13.0. The zero-order valence-electron chi connectivity index (χ0n) is 22.3. The maximum atomic E-state index is 13.5. The summed E-state index contributed by atoms with van der Waals surface area (Å²) in [6.45, 7) is 4.79. The molecule has 10 heteroatoms. The van der Waals surface area contributed by atoms with Gasteiger partial charge < -0.3 is 19.9 Å². The number of piperazine rings is 1. The van der Waals surface area contributed by atoms with E-state index in [4.69, 9.17) is 11.2 Å². The standard InChI is InChI=1S/C29H34FN5O4/c1-4-13-33-19-26(36)34-25(35(33)29(38)31-17-22-9-6-5-7-10-22)18-32(28(37)27(34)21(2)3)14-15-39-20-23-11-8-12-24(30)16-23/h1,5-12,16,21,25,27H,13-15,17-20H2,2-3H3,(H,31,38)/t25-,27-/m0/s1. The van der Waals surface area contributed by atoms with Crippen molar-refractivity contribution in [2.75, 3.05) is 32.8 Å². The average molecular weight is 536 g/mol. The summed E-state index contributed by atoms with van der Waals surface area (Å²) in [5.41, 5.74) is 1.62. The van der Waals surface area contributed by atoms with Crippen LogP contribution in [0, 0.1) is 24.1 Å². The highest BCUT2D eigenvalue weighted by Gasteiger charge is 2.52. The Morgan fingerprint density at radius 3 is 2.59 bits per heavy atom. The van der Waals surface area contributed by atoms with Gasteiger partial charge >= 0.3 is 6.03 Å². The second-order valence-corrected chi connectivity index (χ2v) is 9.95. The van der Waals surface area contributed by atoms with Crippen LogP contribution in [0.3, 0.4) is 0 Å². The Morgan fingerprint density at radius 1 is 1.15 bits per heavy atom. The van der Waals surface area contributed by atoms with Crippen molar-refractivity contribution in [3.05, 3.63) is 71.5 Å². The fourth-order valence-electron chi connectivity index (χ4n) is 5.04. The van der Waals surface area contributed by atoms with Gasteiger partial charge in [-0.3, -0.25) is 9.59 Å². The summed E-state index contributed by atoms with van der Waals surface area (Å²) >= 11 is 0. The van der Waals surface area contributed by atoms with Gasteiger partial charge in [-0.1, -0.05) is 62.2 Å². The number of carbonyl (C=O) groups is 3. The number of nitrogens with one attached hydrogen (secondary N) is 1. The molecule has 4 amide bonds. The van der Waals surface area contributed by atoms with Crippen LogP contribution in [0.15, 0.2) is 54.6 Å². The number of nitrogens with zero attached hydrogens (tertiary/aromatic N) is 4. The number of fused-ring (bicyclic) bond motifs is 1. The van der Waals surface area contributed by atoms with E-state index in [1.54, 1.807) is 22.0 Å². The summed E-state index contributed by atoms with van der Waals surface area (Å²) < 4.78 is 19.2. The van der Waals surface area contributed by atoms with Crippen LogP contribution in [0.2, 0.25) is 0 Å². The Hall–Kier alpha value is -3.94. The summed E-state index contributed by atoms with van der Waals surface area (Å²) in [5, 5.41) is 5.96. The van der Waals surface area contributed by atoms with Gasteiger partial charge in [0.05, 0.1) is 32.8 Å². The highest BCUT2D eigenvalue weighted by molar-refractivity contribution is 5.91. The predicted octanol–water partition coefficient (Wildman–Crippen LogP) is 2.44. The number of urea groups is 1. The van der Waals surface area contributed by atoms with Crippen molar-refractivity contribution in [1.29, 1.82) is 0 Å². The van der Waals surface area contributed by atoms with Crippen LogP contribution in [0.1, 0.15) is 25.0 Å². The van der Waals surface area contributed by atoms with Crippen molar-refractivity contribution >= 4 is 17.8 Å². The lowest BCUT2D eigenvalue weighted by molar-refractivity contribution is -0.192. The van der Waals surface area contributed by atoms with Gasteiger partial charge in [-0.05, 0) is 29.2 Å². The summed E-state index contributed by atoms with van der Waals surface area (Å²) in [7, 11) is 0. The van der Waals surface area contributed by atoms with E-state index < -0.39 is 18.2 Å². The maximum Gasteiger partial charge on any atom is 0.334 e. The molecule has 0 unspecified atom stereocenters. The second kappa shape index (κ2) is 12.7. The minimum absolute atomic E-state index is 0.0614. The molecule has 1 N–H and O–H groups in total. The number of ether oxygens (including phenoxy) is 1. The van der Waals surface area contributed by atoms with Crippen molar-refractivity contribution in [3.8, 4) is 12.3 Å². The number of benzene rings is 2. The van der Waals surface area contributed by atoms with E-state index in [0.717, 1.165) is 5.56 Å². The molecule has 0 radical (unpaired) electrons. The van der Waals surface area contributed by atoms with E-state index in [-0.39, 0.29) is 62.9 Å². The Balaban J connectivity index is 1.52. The largest absolute Gasteiger partial charge is 0.375 e. The van der Waals surface area contributed by atoms with E-state index in [2.05, 4.69) is 11.2 Å².